The van der Waals surface area contributed by atoms with Gasteiger partial charge in [0.15, 0.2) is 0 Å². The summed E-state index contributed by atoms with van der Waals surface area (Å²) < 4.78 is 0. The fraction of sp³-hybridized carbons (Fsp3) is 0.455. The highest BCUT2D eigenvalue weighted by Crippen LogP contribution is 2.31. The van der Waals surface area contributed by atoms with E-state index in [4.69, 9.17) is 5.11 Å². The summed E-state index contributed by atoms with van der Waals surface area (Å²) >= 11 is 0. The van der Waals surface area contributed by atoms with Crippen molar-refractivity contribution in [1.29, 1.82) is 0 Å². The van der Waals surface area contributed by atoms with Crippen LogP contribution in [-0.2, 0) is 9.59 Å². The van der Waals surface area contributed by atoms with Crippen LogP contribution in [0.3, 0.4) is 0 Å². The fourth-order valence-electron chi connectivity index (χ4n) is 1.45. The molecule has 0 aliphatic heterocycles. The van der Waals surface area contributed by atoms with Crippen molar-refractivity contribution in [3.8, 4) is 0 Å². The summed E-state index contributed by atoms with van der Waals surface area (Å²) in [5, 5.41) is 11.5. The molecule has 0 bridgehead atoms. The van der Waals surface area contributed by atoms with Crippen molar-refractivity contribution in [2.24, 2.45) is 0 Å². The third-order valence-corrected chi connectivity index (χ3v) is 2.53. The van der Waals surface area contributed by atoms with Gasteiger partial charge in [0.2, 0.25) is 5.91 Å². The third kappa shape index (κ3) is 2.68. The second-order valence-electron chi connectivity index (χ2n) is 3.61. The second kappa shape index (κ2) is 4.77. The summed E-state index contributed by atoms with van der Waals surface area (Å²) in [6, 6.07) is 0. The van der Waals surface area contributed by atoms with E-state index in [1.54, 1.807) is 18.2 Å². The lowest BCUT2D eigenvalue weighted by Gasteiger charge is -2.37. The first kappa shape index (κ1) is 11.5. The van der Waals surface area contributed by atoms with Crippen molar-refractivity contribution in [2.75, 3.05) is 0 Å². The zero-order valence-electron chi connectivity index (χ0n) is 8.69. The van der Waals surface area contributed by atoms with Gasteiger partial charge in [-0.3, -0.25) is 4.79 Å². The molecular weight excluding hydrogens is 194 g/mol. The summed E-state index contributed by atoms with van der Waals surface area (Å²) in [6.45, 7) is 1.84. The topological polar surface area (TPSA) is 66.4 Å². The van der Waals surface area contributed by atoms with Gasteiger partial charge in [0, 0.05) is 6.08 Å². The van der Waals surface area contributed by atoms with Gasteiger partial charge in [-0.15, -0.1) is 0 Å². The Morgan fingerprint density at radius 2 is 2.00 bits per heavy atom. The van der Waals surface area contributed by atoms with E-state index in [0.29, 0.717) is 12.8 Å². The number of allylic oxidation sites excluding steroid dienone is 3. The van der Waals surface area contributed by atoms with Crippen LogP contribution in [0.5, 0.6) is 0 Å². The van der Waals surface area contributed by atoms with Gasteiger partial charge < -0.3 is 10.4 Å². The summed E-state index contributed by atoms with van der Waals surface area (Å²) in [5.41, 5.74) is -1.02. The Hall–Kier alpha value is -1.58. The molecular formula is C11H15NO3. The van der Waals surface area contributed by atoms with Crippen LogP contribution in [0.1, 0.15) is 26.2 Å². The number of rotatable bonds is 4. The van der Waals surface area contributed by atoms with E-state index in [-0.39, 0.29) is 5.91 Å². The standard InChI is InChI=1S/C11H15NO3/c1-2-3-4-6-9(13)12-11(10(14)15)7-5-8-11/h2-4,6H,5,7-8H2,1H3,(H,12,13)(H,14,15). The Labute approximate surface area is 88.7 Å². The fourth-order valence-corrected chi connectivity index (χ4v) is 1.45. The zero-order chi connectivity index (χ0) is 11.3. The summed E-state index contributed by atoms with van der Waals surface area (Å²) in [6.07, 6.45) is 8.32. The van der Waals surface area contributed by atoms with Crippen molar-refractivity contribution in [3.63, 3.8) is 0 Å². The van der Waals surface area contributed by atoms with Crippen LogP contribution in [-0.4, -0.2) is 22.5 Å². The van der Waals surface area contributed by atoms with Gasteiger partial charge in [0.1, 0.15) is 5.54 Å². The highest BCUT2D eigenvalue weighted by Gasteiger charge is 2.45. The number of carboxylic acid groups (broad SMARTS) is 1. The van der Waals surface area contributed by atoms with E-state index in [2.05, 4.69) is 5.32 Å². The lowest BCUT2D eigenvalue weighted by Crippen LogP contribution is -2.58. The first-order valence-electron chi connectivity index (χ1n) is 4.95. The molecule has 1 amide bonds. The molecule has 1 rings (SSSR count). The molecule has 2 N–H and O–H groups in total. The van der Waals surface area contributed by atoms with Crippen LogP contribution in [0.4, 0.5) is 0 Å². The van der Waals surface area contributed by atoms with Crippen LogP contribution >= 0.6 is 0 Å². The Bertz CT molecular complexity index is 314. The van der Waals surface area contributed by atoms with Crippen LogP contribution in [0.25, 0.3) is 0 Å². The maximum Gasteiger partial charge on any atom is 0.329 e. The quantitative estimate of drug-likeness (QED) is 0.540. The Morgan fingerprint density at radius 3 is 2.40 bits per heavy atom. The van der Waals surface area contributed by atoms with E-state index >= 15 is 0 Å². The molecule has 0 saturated heterocycles. The molecule has 1 aliphatic rings. The molecule has 0 heterocycles. The number of amides is 1. The molecule has 0 aromatic carbocycles. The van der Waals surface area contributed by atoms with Gasteiger partial charge in [-0.2, -0.15) is 0 Å². The largest absolute Gasteiger partial charge is 0.480 e. The first-order chi connectivity index (χ1) is 7.10. The van der Waals surface area contributed by atoms with Crippen molar-refractivity contribution in [1.82, 2.24) is 5.32 Å². The average molecular weight is 209 g/mol. The number of hydrogen-bond donors (Lipinski definition) is 2. The lowest BCUT2D eigenvalue weighted by atomic mass is 9.77. The van der Waals surface area contributed by atoms with E-state index in [1.165, 1.54) is 6.08 Å². The number of nitrogens with one attached hydrogen (secondary N) is 1. The van der Waals surface area contributed by atoms with Crippen molar-refractivity contribution >= 4 is 11.9 Å². The normalized spacial score (nSPS) is 19.0. The number of carboxylic acids is 1. The molecule has 1 saturated carbocycles. The molecule has 1 fully saturated rings. The third-order valence-electron chi connectivity index (χ3n) is 2.53. The van der Waals surface area contributed by atoms with E-state index in [9.17, 15) is 9.59 Å². The molecule has 0 aromatic rings. The van der Waals surface area contributed by atoms with Gasteiger partial charge in [-0.05, 0) is 26.2 Å². The van der Waals surface area contributed by atoms with Gasteiger partial charge in [0.25, 0.3) is 0 Å². The van der Waals surface area contributed by atoms with E-state index < -0.39 is 11.5 Å². The number of carbonyl (C=O) groups is 2. The summed E-state index contributed by atoms with van der Waals surface area (Å²) in [4.78, 5) is 22.3. The first-order valence-corrected chi connectivity index (χ1v) is 4.95. The monoisotopic (exact) mass is 209 g/mol. The Morgan fingerprint density at radius 1 is 1.33 bits per heavy atom. The molecule has 4 heteroatoms. The second-order valence-corrected chi connectivity index (χ2v) is 3.61. The minimum Gasteiger partial charge on any atom is -0.480 e. The molecule has 4 nitrogen and oxygen atoms in total. The van der Waals surface area contributed by atoms with Gasteiger partial charge >= 0.3 is 5.97 Å². The van der Waals surface area contributed by atoms with Crippen molar-refractivity contribution in [2.45, 2.75) is 31.7 Å². The maximum atomic E-state index is 11.3. The molecule has 82 valence electrons. The number of carbonyl (C=O) groups excluding carboxylic acids is 1. The smallest absolute Gasteiger partial charge is 0.329 e. The van der Waals surface area contributed by atoms with Crippen molar-refractivity contribution < 1.29 is 14.7 Å². The lowest BCUT2D eigenvalue weighted by molar-refractivity contribution is -0.151. The average Bonchev–Trinajstić information content (AvgIpc) is 2.11. The predicted molar refractivity (Wildman–Crippen MR) is 56.3 cm³/mol. The minimum absolute atomic E-state index is 0.352. The predicted octanol–water partition coefficient (Wildman–Crippen LogP) is 1.24. The minimum atomic E-state index is -1.02. The summed E-state index contributed by atoms with van der Waals surface area (Å²) in [5.74, 6) is -1.29. The number of aliphatic carboxylic acids is 1. The van der Waals surface area contributed by atoms with Crippen LogP contribution in [0.15, 0.2) is 24.3 Å². The SMILES string of the molecule is CC=CC=CC(=O)NC1(C(=O)O)CCC1. The zero-order valence-corrected chi connectivity index (χ0v) is 8.69. The molecule has 0 spiro atoms. The van der Waals surface area contributed by atoms with Crippen molar-refractivity contribution in [3.05, 3.63) is 24.3 Å². The molecule has 0 atom stereocenters. The highest BCUT2D eigenvalue weighted by atomic mass is 16.4. The molecule has 0 unspecified atom stereocenters. The van der Waals surface area contributed by atoms with Crippen LogP contribution in [0.2, 0.25) is 0 Å². The number of hydrogen-bond acceptors (Lipinski definition) is 2. The van der Waals surface area contributed by atoms with Crippen LogP contribution < -0.4 is 5.32 Å². The molecule has 15 heavy (non-hydrogen) atoms. The maximum absolute atomic E-state index is 11.3. The van der Waals surface area contributed by atoms with E-state index in [0.717, 1.165) is 6.42 Å². The van der Waals surface area contributed by atoms with Gasteiger partial charge in [-0.25, -0.2) is 4.79 Å². The van der Waals surface area contributed by atoms with Crippen LogP contribution in [0, 0.1) is 0 Å². The Balaban J connectivity index is 2.53. The highest BCUT2D eigenvalue weighted by molar-refractivity contribution is 5.93. The van der Waals surface area contributed by atoms with Gasteiger partial charge in [-0.1, -0.05) is 18.2 Å². The molecule has 0 aromatic heterocycles. The Kier molecular flexibility index (Phi) is 3.66. The summed E-state index contributed by atoms with van der Waals surface area (Å²) in [7, 11) is 0. The molecule has 0 radical (unpaired) electrons. The van der Waals surface area contributed by atoms with Gasteiger partial charge in [0.05, 0.1) is 0 Å². The van der Waals surface area contributed by atoms with E-state index in [1.807, 2.05) is 6.92 Å². The molecule has 1 aliphatic carbocycles.